The van der Waals surface area contributed by atoms with E-state index in [1.807, 2.05) is 42.5 Å². The van der Waals surface area contributed by atoms with Gasteiger partial charge in [0.2, 0.25) is 5.95 Å². The number of hydrogen-bond donors (Lipinski definition) is 2. The molecule has 0 bridgehead atoms. The van der Waals surface area contributed by atoms with Gasteiger partial charge in [0, 0.05) is 55.3 Å². The van der Waals surface area contributed by atoms with Crippen LogP contribution in [-0.4, -0.2) is 42.5 Å². The summed E-state index contributed by atoms with van der Waals surface area (Å²) in [4.78, 5) is 13.0. The number of nitrogens with two attached hydrogens (primary N) is 1. The number of aliphatic imine (C=N–C) groups is 1. The molecule has 4 rings (SSSR count). The SMILES string of the molecule is CN=CC(=CN)c1ccc(Nc2nccc(-c3ccc(OC4CCOCC4)c(C#N)c3)n2)cc1. The largest absolute Gasteiger partial charge is 0.489 e. The predicted molar refractivity (Wildman–Crippen MR) is 133 cm³/mol. The van der Waals surface area contributed by atoms with Gasteiger partial charge in [0.15, 0.2) is 0 Å². The molecule has 0 aliphatic carbocycles. The molecule has 0 unspecified atom stereocenters. The Kier molecular flexibility index (Phi) is 7.48. The average molecular weight is 455 g/mol. The Morgan fingerprint density at radius 3 is 2.71 bits per heavy atom. The van der Waals surface area contributed by atoms with Crippen molar-refractivity contribution in [3.63, 3.8) is 0 Å². The van der Waals surface area contributed by atoms with Gasteiger partial charge >= 0.3 is 0 Å². The van der Waals surface area contributed by atoms with Crippen LogP contribution in [0.15, 0.2) is 65.9 Å². The number of hydrogen-bond acceptors (Lipinski definition) is 8. The van der Waals surface area contributed by atoms with E-state index >= 15 is 0 Å². The Hall–Kier alpha value is -4.22. The van der Waals surface area contributed by atoms with Gasteiger partial charge in [-0.2, -0.15) is 5.26 Å². The maximum absolute atomic E-state index is 9.66. The highest BCUT2D eigenvalue weighted by Gasteiger charge is 2.17. The Morgan fingerprint density at radius 2 is 2.00 bits per heavy atom. The minimum Gasteiger partial charge on any atom is -0.489 e. The van der Waals surface area contributed by atoms with Gasteiger partial charge in [-0.3, -0.25) is 4.99 Å². The summed E-state index contributed by atoms with van der Waals surface area (Å²) in [6, 6.07) is 17.3. The minimum absolute atomic E-state index is 0.0682. The number of benzene rings is 2. The summed E-state index contributed by atoms with van der Waals surface area (Å²) in [6.07, 6.45) is 6.64. The van der Waals surface area contributed by atoms with Crippen LogP contribution in [0, 0.1) is 11.3 Å². The molecule has 0 spiro atoms. The van der Waals surface area contributed by atoms with Crippen LogP contribution < -0.4 is 15.8 Å². The summed E-state index contributed by atoms with van der Waals surface area (Å²) in [6.45, 7) is 1.36. The second kappa shape index (κ2) is 11.1. The van der Waals surface area contributed by atoms with E-state index in [9.17, 15) is 5.26 Å². The lowest BCUT2D eigenvalue weighted by atomic mass is 10.1. The van der Waals surface area contributed by atoms with Crippen molar-refractivity contribution in [2.24, 2.45) is 10.7 Å². The molecule has 1 aliphatic rings. The van der Waals surface area contributed by atoms with Crippen LogP contribution in [0.5, 0.6) is 5.75 Å². The first-order chi connectivity index (χ1) is 16.7. The molecule has 3 N–H and O–H groups in total. The third-order valence-corrected chi connectivity index (χ3v) is 5.44. The second-order valence-corrected chi connectivity index (χ2v) is 7.73. The van der Waals surface area contributed by atoms with Crippen LogP contribution in [0.2, 0.25) is 0 Å². The molecule has 172 valence electrons. The standard InChI is InChI=1S/C26H26N6O2/c1-29-17-21(16-28)18-2-5-22(6-3-18)31-26-30-11-8-24(32-26)19-4-7-25(20(14-19)15-27)34-23-9-12-33-13-10-23/h2-8,11,14,16-17,23H,9-10,12-13,28H2,1H3,(H,30,31,32). The lowest BCUT2D eigenvalue weighted by molar-refractivity contribution is 0.0254. The van der Waals surface area contributed by atoms with Gasteiger partial charge in [0.1, 0.15) is 17.9 Å². The number of allylic oxidation sites excluding steroid dienone is 1. The third-order valence-electron chi connectivity index (χ3n) is 5.44. The molecule has 0 radical (unpaired) electrons. The Morgan fingerprint density at radius 1 is 1.21 bits per heavy atom. The summed E-state index contributed by atoms with van der Waals surface area (Å²) in [5.74, 6) is 1.04. The van der Waals surface area contributed by atoms with Crippen molar-refractivity contribution >= 4 is 23.4 Å². The van der Waals surface area contributed by atoms with Crippen LogP contribution in [0.1, 0.15) is 24.0 Å². The summed E-state index contributed by atoms with van der Waals surface area (Å²) in [7, 11) is 1.70. The number of nitriles is 1. The number of nitrogens with zero attached hydrogens (tertiary/aromatic N) is 4. The molecule has 3 aromatic rings. The molecule has 1 saturated heterocycles. The number of nitrogens with one attached hydrogen (secondary N) is 1. The molecule has 1 fully saturated rings. The molecule has 0 amide bonds. The molecule has 0 saturated carbocycles. The van der Waals surface area contributed by atoms with Crippen molar-refractivity contribution in [2.45, 2.75) is 18.9 Å². The Balaban J connectivity index is 1.50. The predicted octanol–water partition coefficient (Wildman–Crippen LogP) is 4.32. The third kappa shape index (κ3) is 5.57. The van der Waals surface area contributed by atoms with E-state index in [0.29, 0.717) is 36.2 Å². The number of aromatic nitrogens is 2. The van der Waals surface area contributed by atoms with Gasteiger partial charge in [0.25, 0.3) is 0 Å². The number of rotatable bonds is 7. The van der Waals surface area contributed by atoms with Gasteiger partial charge < -0.3 is 20.5 Å². The fourth-order valence-corrected chi connectivity index (χ4v) is 3.66. The minimum atomic E-state index is 0.0682. The van der Waals surface area contributed by atoms with Crippen molar-refractivity contribution in [3.05, 3.63) is 72.1 Å². The number of anilines is 2. The molecule has 8 heteroatoms. The Bertz CT molecular complexity index is 1220. The fourth-order valence-electron chi connectivity index (χ4n) is 3.66. The summed E-state index contributed by atoms with van der Waals surface area (Å²) < 4.78 is 11.4. The monoisotopic (exact) mass is 454 g/mol. The van der Waals surface area contributed by atoms with E-state index in [1.165, 1.54) is 6.20 Å². The average Bonchev–Trinajstić information content (AvgIpc) is 2.89. The molecule has 2 aromatic carbocycles. The molecule has 8 nitrogen and oxygen atoms in total. The summed E-state index contributed by atoms with van der Waals surface area (Å²) >= 11 is 0. The van der Waals surface area contributed by atoms with Crippen LogP contribution in [-0.2, 0) is 4.74 Å². The zero-order valence-electron chi connectivity index (χ0n) is 18.9. The smallest absolute Gasteiger partial charge is 0.227 e. The number of ether oxygens (including phenoxy) is 2. The zero-order valence-corrected chi connectivity index (χ0v) is 18.9. The molecular weight excluding hydrogens is 428 g/mol. The van der Waals surface area contributed by atoms with Crippen LogP contribution >= 0.6 is 0 Å². The zero-order chi connectivity index (χ0) is 23.8. The Labute approximate surface area is 198 Å². The van der Waals surface area contributed by atoms with Crippen molar-refractivity contribution in [3.8, 4) is 23.1 Å². The first kappa shape index (κ1) is 23.0. The van der Waals surface area contributed by atoms with Crippen molar-refractivity contribution in [1.29, 1.82) is 5.26 Å². The first-order valence-corrected chi connectivity index (χ1v) is 11.0. The van der Waals surface area contributed by atoms with E-state index in [4.69, 9.17) is 15.2 Å². The van der Waals surface area contributed by atoms with Crippen LogP contribution in [0.25, 0.3) is 16.8 Å². The van der Waals surface area contributed by atoms with E-state index in [-0.39, 0.29) is 6.10 Å². The van der Waals surface area contributed by atoms with Gasteiger partial charge in [-0.25, -0.2) is 9.97 Å². The normalized spacial score (nSPS) is 14.6. The lowest BCUT2D eigenvalue weighted by Gasteiger charge is -2.23. The van der Waals surface area contributed by atoms with Gasteiger partial charge in [0.05, 0.1) is 24.5 Å². The van der Waals surface area contributed by atoms with E-state index < -0.39 is 0 Å². The van der Waals surface area contributed by atoms with Crippen LogP contribution in [0.3, 0.4) is 0 Å². The maximum atomic E-state index is 9.66. The fraction of sp³-hybridized carbons (Fsp3) is 0.231. The highest BCUT2D eigenvalue weighted by molar-refractivity contribution is 6.09. The van der Waals surface area contributed by atoms with Crippen molar-refractivity contribution in [1.82, 2.24) is 9.97 Å². The summed E-state index contributed by atoms with van der Waals surface area (Å²) in [5.41, 5.74) is 10.3. The quantitative estimate of drug-likeness (QED) is 0.510. The molecule has 0 atom stereocenters. The first-order valence-electron chi connectivity index (χ1n) is 11.0. The molecule has 1 aliphatic heterocycles. The van der Waals surface area contributed by atoms with Gasteiger partial charge in [-0.05, 0) is 42.0 Å². The van der Waals surface area contributed by atoms with E-state index in [2.05, 4.69) is 26.3 Å². The van der Waals surface area contributed by atoms with E-state index in [1.54, 1.807) is 25.5 Å². The highest BCUT2D eigenvalue weighted by Crippen LogP contribution is 2.28. The van der Waals surface area contributed by atoms with Crippen molar-refractivity contribution in [2.75, 3.05) is 25.6 Å². The summed E-state index contributed by atoms with van der Waals surface area (Å²) in [5, 5.41) is 12.9. The molecule has 1 aromatic heterocycles. The molecular formula is C26H26N6O2. The maximum Gasteiger partial charge on any atom is 0.227 e. The van der Waals surface area contributed by atoms with E-state index in [0.717, 1.165) is 35.2 Å². The second-order valence-electron chi connectivity index (χ2n) is 7.73. The topological polar surface area (TPSA) is 118 Å². The highest BCUT2D eigenvalue weighted by atomic mass is 16.5. The molecule has 34 heavy (non-hydrogen) atoms. The van der Waals surface area contributed by atoms with Crippen molar-refractivity contribution < 1.29 is 9.47 Å². The molecule has 2 heterocycles. The van der Waals surface area contributed by atoms with Gasteiger partial charge in [-0.1, -0.05) is 12.1 Å². The van der Waals surface area contributed by atoms with Gasteiger partial charge in [-0.15, -0.1) is 0 Å². The van der Waals surface area contributed by atoms with Crippen LogP contribution in [0.4, 0.5) is 11.6 Å². The lowest BCUT2D eigenvalue weighted by Crippen LogP contribution is -2.26.